The first kappa shape index (κ1) is 23.2. The second-order valence-corrected chi connectivity index (χ2v) is 7.49. The predicted molar refractivity (Wildman–Crippen MR) is 125 cm³/mol. The number of carbonyl (C=O) groups excluding carboxylic acids is 1. The van der Waals surface area contributed by atoms with Crippen LogP contribution in [0.4, 0.5) is 20.3 Å². The summed E-state index contributed by atoms with van der Waals surface area (Å²) >= 11 is 1.27. The minimum absolute atomic E-state index is 0.0167. The Morgan fingerprint density at radius 1 is 1.31 bits per heavy atom. The number of aromatic amines is 1. The third-order valence-electron chi connectivity index (χ3n) is 4.38. The Morgan fingerprint density at radius 3 is 2.84 bits per heavy atom. The summed E-state index contributed by atoms with van der Waals surface area (Å²) in [5, 5.41) is 3.25. The van der Waals surface area contributed by atoms with Gasteiger partial charge in [0.1, 0.15) is 23.6 Å². The number of fused-ring (bicyclic) bond motifs is 1. The maximum Gasteiger partial charge on any atom is 0.201 e. The van der Waals surface area contributed by atoms with Gasteiger partial charge in [-0.25, -0.2) is 18.7 Å². The molecule has 168 valence electrons. The zero-order valence-corrected chi connectivity index (χ0v) is 18.4. The molecule has 0 radical (unpaired) electrons. The number of anilines is 2. The largest absolute Gasteiger partial charge is 0.403 e. The van der Waals surface area contributed by atoms with E-state index >= 15 is 4.39 Å². The van der Waals surface area contributed by atoms with Crippen LogP contribution in [0.15, 0.2) is 41.5 Å². The highest BCUT2D eigenvalue weighted by molar-refractivity contribution is 8.00. The normalized spacial score (nSPS) is 11.9. The van der Waals surface area contributed by atoms with Crippen molar-refractivity contribution in [3.05, 3.63) is 59.3 Å². The van der Waals surface area contributed by atoms with Crippen molar-refractivity contribution in [2.45, 2.75) is 20.3 Å². The van der Waals surface area contributed by atoms with Crippen molar-refractivity contribution < 1.29 is 13.6 Å². The average molecular weight is 460 g/mol. The lowest BCUT2D eigenvalue weighted by molar-refractivity contribution is 0.103. The lowest BCUT2D eigenvalue weighted by Gasteiger charge is -2.11. The fraction of sp³-hybridized carbons (Fsp3) is 0.238. The molecule has 0 saturated heterocycles. The van der Waals surface area contributed by atoms with Crippen LogP contribution in [0.1, 0.15) is 36.2 Å². The monoisotopic (exact) mass is 459 g/mol. The van der Waals surface area contributed by atoms with Crippen molar-refractivity contribution in [1.29, 1.82) is 0 Å². The van der Waals surface area contributed by atoms with E-state index in [1.165, 1.54) is 43.0 Å². The molecule has 0 spiro atoms. The molecule has 0 aliphatic rings. The molecule has 5 N–H and O–H groups in total. The molecule has 2 heterocycles. The summed E-state index contributed by atoms with van der Waals surface area (Å²) in [5.41, 5.74) is 5.78. The van der Waals surface area contributed by atoms with E-state index in [1.807, 2.05) is 13.8 Å². The van der Waals surface area contributed by atoms with Crippen LogP contribution in [-0.4, -0.2) is 39.2 Å². The molecular formula is C21H23F2N7OS. The molecule has 0 amide bonds. The smallest absolute Gasteiger partial charge is 0.201 e. The molecule has 11 heteroatoms. The van der Waals surface area contributed by atoms with Crippen molar-refractivity contribution in [3.8, 4) is 0 Å². The van der Waals surface area contributed by atoms with E-state index in [9.17, 15) is 9.18 Å². The Morgan fingerprint density at radius 2 is 2.12 bits per heavy atom. The Bertz CT molecular complexity index is 1180. The SMILES string of the molecule is CCCSNc1ccc(F)c(C(=O)c2c[nH]c3ncnc(NC(C=NCC)=CN)c23)c1F. The van der Waals surface area contributed by atoms with Crippen LogP contribution in [0.5, 0.6) is 0 Å². The molecule has 0 aliphatic carbocycles. The Kier molecular flexibility index (Phi) is 7.77. The van der Waals surface area contributed by atoms with Crippen LogP contribution in [-0.2, 0) is 0 Å². The van der Waals surface area contributed by atoms with E-state index in [0.29, 0.717) is 17.9 Å². The summed E-state index contributed by atoms with van der Waals surface area (Å²) in [5.74, 6) is -1.79. The zero-order valence-electron chi connectivity index (χ0n) is 17.6. The molecule has 1 aromatic carbocycles. The average Bonchev–Trinajstić information content (AvgIpc) is 3.23. The Hall–Kier alpha value is -3.47. The first-order valence-corrected chi connectivity index (χ1v) is 10.9. The van der Waals surface area contributed by atoms with Gasteiger partial charge >= 0.3 is 0 Å². The predicted octanol–water partition coefficient (Wildman–Crippen LogP) is 4.24. The Balaban J connectivity index is 2.05. The summed E-state index contributed by atoms with van der Waals surface area (Å²) in [6, 6.07) is 2.33. The Labute approximate surface area is 187 Å². The standard InChI is InChI=1S/C21H23F2N7OS/c1-3-7-32-30-15-6-5-14(22)17(18(15)23)19(31)13-10-26-20-16(13)21(28-11-27-20)29-12(8-24)9-25-4-2/h5-6,8-11,30H,3-4,7,24H2,1-2H3,(H2,26,27,28,29). The summed E-state index contributed by atoms with van der Waals surface area (Å²) in [4.78, 5) is 28.5. The molecule has 2 aromatic heterocycles. The minimum Gasteiger partial charge on any atom is -0.403 e. The number of nitrogens with two attached hydrogens (primary N) is 1. The van der Waals surface area contributed by atoms with Crippen molar-refractivity contribution in [1.82, 2.24) is 15.0 Å². The van der Waals surface area contributed by atoms with Gasteiger partial charge in [0.05, 0.1) is 27.9 Å². The second kappa shape index (κ2) is 10.7. The topological polar surface area (TPSA) is 121 Å². The van der Waals surface area contributed by atoms with Crippen molar-refractivity contribution in [2.75, 3.05) is 22.3 Å². The highest BCUT2D eigenvalue weighted by Crippen LogP contribution is 2.30. The molecule has 0 saturated carbocycles. The second-order valence-electron chi connectivity index (χ2n) is 6.59. The van der Waals surface area contributed by atoms with Gasteiger partial charge in [-0.2, -0.15) is 0 Å². The zero-order chi connectivity index (χ0) is 23.1. The van der Waals surface area contributed by atoms with Gasteiger partial charge < -0.3 is 20.8 Å². The lowest BCUT2D eigenvalue weighted by Crippen LogP contribution is -2.11. The van der Waals surface area contributed by atoms with E-state index in [-0.39, 0.29) is 22.5 Å². The van der Waals surface area contributed by atoms with Crippen LogP contribution >= 0.6 is 11.9 Å². The maximum absolute atomic E-state index is 15.1. The van der Waals surface area contributed by atoms with E-state index < -0.39 is 23.0 Å². The van der Waals surface area contributed by atoms with Gasteiger partial charge in [0.25, 0.3) is 0 Å². The van der Waals surface area contributed by atoms with Crippen LogP contribution in [0.2, 0.25) is 0 Å². The molecule has 3 aromatic rings. The van der Waals surface area contributed by atoms with E-state index in [2.05, 4.69) is 30.0 Å². The van der Waals surface area contributed by atoms with Crippen LogP contribution in [0, 0.1) is 11.6 Å². The molecule has 0 bridgehead atoms. The van der Waals surface area contributed by atoms with Crippen molar-refractivity contribution >= 4 is 46.5 Å². The van der Waals surface area contributed by atoms with Crippen LogP contribution in [0.25, 0.3) is 11.0 Å². The van der Waals surface area contributed by atoms with Gasteiger partial charge in [0.2, 0.25) is 5.78 Å². The molecular weight excluding hydrogens is 436 g/mol. The van der Waals surface area contributed by atoms with Gasteiger partial charge in [0, 0.05) is 30.9 Å². The van der Waals surface area contributed by atoms with Crippen LogP contribution < -0.4 is 15.8 Å². The number of nitrogens with zero attached hydrogens (tertiary/aromatic N) is 3. The van der Waals surface area contributed by atoms with E-state index in [1.54, 1.807) is 0 Å². The molecule has 0 fully saturated rings. The first-order chi connectivity index (χ1) is 15.5. The number of benzene rings is 1. The number of aliphatic imine (C=N–C) groups is 1. The highest BCUT2D eigenvalue weighted by atomic mass is 32.2. The molecule has 3 rings (SSSR count). The number of halogens is 2. The lowest BCUT2D eigenvalue weighted by atomic mass is 10.0. The summed E-state index contributed by atoms with van der Waals surface area (Å²) < 4.78 is 32.5. The molecule has 32 heavy (non-hydrogen) atoms. The number of carbonyl (C=O) groups is 1. The van der Waals surface area contributed by atoms with Gasteiger partial charge in [-0.05, 0) is 25.5 Å². The van der Waals surface area contributed by atoms with E-state index in [4.69, 9.17) is 5.73 Å². The minimum atomic E-state index is -0.961. The number of allylic oxidation sites excluding steroid dienone is 1. The van der Waals surface area contributed by atoms with Gasteiger partial charge in [-0.3, -0.25) is 9.79 Å². The quantitative estimate of drug-likeness (QED) is 0.155. The van der Waals surface area contributed by atoms with E-state index in [0.717, 1.165) is 18.2 Å². The fourth-order valence-electron chi connectivity index (χ4n) is 2.88. The van der Waals surface area contributed by atoms with Crippen molar-refractivity contribution in [2.24, 2.45) is 10.7 Å². The third-order valence-corrected chi connectivity index (χ3v) is 5.35. The molecule has 0 unspecified atom stereocenters. The highest BCUT2D eigenvalue weighted by Gasteiger charge is 2.26. The number of hydrogen-bond acceptors (Lipinski definition) is 8. The van der Waals surface area contributed by atoms with Gasteiger partial charge in [-0.1, -0.05) is 18.9 Å². The first-order valence-electron chi connectivity index (χ1n) is 9.93. The molecule has 0 aliphatic heterocycles. The number of nitrogens with one attached hydrogen (secondary N) is 3. The summed E-state index contributed by atoms with van der Waals surface area (Å²) in [6.45, 7) is 4.39. The molecule has 8 nitrogen and oxygen atoms in total. The van der Waals surface area contributed by atoms with Crippen molar-refractivity contribution in [3.63, 3.8) is 0 Å². The summed E-state index contributed by atoms with van der Waals surface area (Å²) in [6.07, 6.45) is 6.33. The molecule has 0 atom stereocenters. The number of ketones is 1. The number of hydrogen-bond donors (Lipinski definition) is 4. The maximum atomic E-state index is 15.1. The number of H-pyrrole nitrogens is 1. The number of aromatic nitrogens is 3. The third kappa shape index (κ3) is 4.88. The van der Waals surface area contributed by atoms with Gasteiger partial charge in [-0.15, -0.1) is 0 Å². The summed E-state index contributed by atoms with van der Waals surface area (Å²) in [7, 11) is 0. The van der Waals surface area contributed by atoms with Crippen LogP contribution in [0.3, 0.4) is 0 Å². The van der Waals surface area contributed by atoms with Gasteiger partial charge in [0.15, 0.2) is 5.82 Å². The number of rotatable bonds is 10. The fourth-order valence-corrected chi connectivity index (χ4v) is 3.50.